The Morgan fingerprint density at radius 3 is 3.30 bits per heavy atom. The van der Waals surface area contributed by atoms with Crippen LogP contribution in [-0.4, -0.2) is 11.2 Å². The first-order valence-electron chi connectivity index (χ1n) is 3.11. The Kier molecular flexibility index (Phi) is 0.974. The van der Waals surface area contributed by atoms with Gasteiger partial charge in [-0.1, -0.05) is 0 Å². The van der Waals surface area contributed by atoms with E-state index in [-0.39, 0.29) is 5.56 Å². The average molecular weight is 134 g/mol. The van der Waals surface area contributed by atoms with Gasteiger partial charge in [0.25, 0.3) is 5.56 Å². The van der Waals surface area contributed by atoms with Crippen molar-refractivity contribution in [1.82, 2.24) is 4.98 Å². The zero-order chi connectivity index (χ0) is 6.97. The molecule has 0 atom stereocenters. The molecule has 0 spiro atoms. The summed E-state index contributed by atoms with van der Waals surface area (Å²) in [5, 5.41) is 0. The van der Waals surface area contributed by atoms with Gasteiger partial charge in [0.2, 0.25) is 0 Å². The number of nitrogens with zero attached hydrogens (tertiary/aromatic N) is 1. The summed E-state index contributed by atoms with van der Waals surface area (Å²) in [4.78, 5) is 17.6. The molecular weight excluding hydrogens is 128 g/mol. The standard InChI is InChI=1S/C7H6N2O/c10-7-5-1-3-8-6(5)2-4-9-7/h2-4H,1H2,(H,9,10). The van der Waals surface area contributed by atoms with E-state index < -0.39 is 0 Å². The van der Waals surface area contributed by atoms with E-state index in [0.717, 1.165) is 11.3 Å². The first-order chi connectivity index (χ1) is 4.88. The summed E-state index contributed by atoms with van der Waals surface area (Å²) in [6, 6.07) is 1.81. The quantitative estimate of drug-likeness (QED) is 0.555. The van der Waals surface area contributed by atoms with Crippen LogP contribution in [0.1, 0.15) is 5.56 Å². The lowest BCUT2D eigenvalue weighted by atomic mass is 10.2. The van der Waals surface area contributed by atoms with E-state index in [2.05, 4.69) is 9.98 Å². The van der Waals surface area contributed by atoms with Crippen molar-refractivity contribution in [1.29, 1.82) is 0 Å². The Balaban J connectivity index is 2.77. The van der Waals surface area contributed by atoms with Crippen LogP contribution in [0.25, 0.3) is 0 Å². The van der Waals surface area contributed by atoms with E-state index in [4.69, 9.17) is 0 Å². The minimum Gasteiger partial charge on any atom is -0.329 e. The van der Waals surface area contributed by atoms with Crippen molar-refractivity contribution in [3.8, 4) is 0 Å². The van der Waals surface area contributed by atoms with Gasteiger partial charge in [-0.2, -0.15) is 0 Å². The zero-order valence-electron chi connectivity index (χ0n) is 5.29. The van der Waals surface area contributed by atoms with Crippen LogP contribution >= 0.6 is 0 Å². The summed E-state index contributed by atoms with van der Waals surface area (Å²) >= 11 is 0. The maximum absolute atomic E-state index is 11.0. The fourth-order valence-electron chi connectivity index (χ4n) is 1.05. The average Bonchev–Trinajstić information content (AvgIpc) is 2.36. The highest BCUT2D eigenvalue weighted by Crippen LogP contribution is 2.18. The molecule has 0 amide bonds. The summed E-state index contributed by atoms with van der Waals surface area (Å²) in [5.41, 5.74) is 1.57. The van der Waals surface area contributed by atoms with Crippen LogP contribution in [0.15, 0.2) is 22.1 Å². The van der Waals surface area contributed by atoms with Gasteiger partial charge in [-0.15, -0.1) is 0 Å². The van der Waals surface area contributed by atoms with E-state index >= 15 is 0 Å². The highest BCUT2D eigenvalue weighted by molar-refractivity contribution is 5.74. The van der Waals surface area contributed by atoms with Crippen molar-refractivity contribution in [2.45, 2.75) is 6.42 Å². The predicted octanol–water partition coefficient (Wildman–Crippen LogP) is 0.633. The van der Waals surface area contributed by atoms with Gasteiger partial charge in [-0.3, -0.25) is 9.79 Å². The van der Waals surface area contributed by atoms with E-state index in [1.165, 1.54) is 0 Å². The van der Waals surface area contributed by atoms with Crippen LogP contribution in [-0.2, 0) is 6.42 Å². The van der Waals surface area contributed by atoms with Crippen molar-refractivity contribution < 1.29 is 0 Å². The molecule has 3 heteroatoms. The van der Waals surface area contributed by atoms with Crippen LogP contribution < -0.4 is 5.56 Å². The number of aromatic nitrogens is 1. The highest BCUT2D eigenvalue weighted by atomic mass is 16.1. The molecule has 1 aliphatic heterocycles. The molecule has 0 bridgehead atoms. The van der Waals surface area contributed by atoms with Crippen LogP contribution in [0.3, 0.4) is 0 Å². The Bertz CT molecular complexity index is 338. The molecule has 50 valence electrons. The summed E-state index contributed by atoms with van der Waals surface area (Å²) in [6.45, 7) is 0. The Hall–Kier alpha value is -1.38. The van der Waals surface area contributed by atoms with Crippen LogP contribution in [0.2, 0.25) is 0 Å². The molecule has 0 fully saturated rings. The van der Waals surface area contributed by atoms with Gasteiger partial charge < -0.3 is 4.98 Å². The maximum Gasteiger partial charge on any atom is 0.253 e. The fourth-order valence-corrected chi connectivity index (χ4v) is 1.05. The third-order valence-corrected chi connectivity index (χ3v) is 1.56. The molecule has 2 rings (SSSR count). The van der Waals surface area contributed by atoms with E-state index in [1.54, 1.807) is 18.5 Å². The number of aliphatic imine (C=N–C) groups is 1. The topological polar surface area (TPSA) is 45.2 Å². The van der Waals surface area contributed by atoms with Gasteiger partial charge in [-0.25, -0.2) is 0 Å². The first kappa shape index (κ1) is 5.41. The fraction of sp³-hybridized carbons (Fsp3) is 0.143. The molecule has 1 aliphatic rings. The third-order valence-electron chi connectivity index (χ3n) is 1.56. The van der Waals surface area contributed by atoms with Crippen LogP contribution in [0.4, 0.5) is 5.69 Å². The summed E-state index contributed by atoms with van der Waals surface area (Å²) in [6.07, 6.45) is 4.04. The first-order valence-corrected chi connectivity index (χ1v) is 3.11. The second-order valence-corrected chi connectivity index (χ2v) is 2.19. The van der Waals surface area contributed by atoms with Crippen molar-refractivity contribution in [2.24, 2.45) is 4.99 Å². The van der Waals surface area contributed by atoms with Crippen LogP contribution in [0, 0.1) is 0 Å². The smallest absolute Gasteiger partial charge is 0.253 e. The number of hydrogen-bond donors (Lipinski definition) is 1. The van der Waals surface area contributed by atoms with Gasteiger partial charge in [0.1, 0.15) is 0 Å². The largest absolute Gasteiger partial charge is 0.329 e. The molecule has 0 saturated heterocycles. The summed E-state index contributed by atoms with van der Waals surface area (Å²) < 4.78 is 0. The van der Waals surface area contributed by atoms with Crippen molar-refractivity contribution in [2.75, 3.05) is 0 Å². The second kappa shape index (κ2) is 1.80. The van der Waals surface area contributed by atoms with E-state index in [9.17, 15) is 4.79 Å². The monoisotopic (exact) mass is 134 g/mol. The molecule has 0 saturated carbocycles. The Morgan fingerprint density at radius 2 is 2.50 bits per heavy atom. The molecule has 2 heterocycles. The molecule has 10 heavy (non-hydrogen) atoms. The van der Waals surface area contributed by atoms with Crippen molar-refractivity contribution >= 4 is 11.9 Å². The minimum absolute atomic E-state index is 0.0185. The lowest BCUT2D eigenvalue weighted by molar-refractivity contribution is 1.17. The number of pyridine rings is 1. The lowest BCUT2D eigenvalue weighted by Gasteiger charge is -1.91. The van der Waals surface area contributed by atoms with E-state index in [0.29, 0.717) is 6.42 Å². The molecule has 0 radical (unpaired) electrons. The molecule has 1 aromatic rings. The SMILES string of the molecule is O=c1[nH]ccc2c1CC=N2. The number of H-pyrrole nitrogens is 1. The molecule has 0 aromatic carbocycles. The molecule has 0 unspecified atom stereocenters. The molecule has 1 N–H and O–H groups in total. The highest BCUT2D eigenvalue weighted by Gasteiger charge is 2.08. The number of hydrogen-bond acceptors (Lipinski definition) is 2. The molecular formula is C7H6N2O. The maximum atomic E-state index is 11.0. The predicted molar refractivity (Wildman–Crippen MR) is 38.9 cm³/mol. The minimum atomic E-state index is -0.0185. The second-order valence-electron chi connectivity index (χ2n) is 2.19. The number of nitrogens with one attached hydrogen (secondary N) is 1. The van der Waals surface area contributed by atoms with Gasteiger partial charge in [-0.05, 0) is 6.07 Å². The van der Waals surface area contributed by atoms with Gasteiger partial charge in [0, 0.05) is 24.4 Å². The van der Waals surface area contributed by atoms with E-state index in [1.807, 2.05) is 0 Å². The Labute approximate surface area is 57.4 Å². The summed E-state index contributed by atoms with van der Waals surface area (Å²) in [5.74, 6) is 0. The van der Waals surface area contributed by atoms with Gasteiger partial charge in [0.05, 0.1) is 5.69 Å². The number of rotatable bonds is 0. The Morgan fingerprint density at radius 1 is 1.60 bits per heavy atom. The molecule has 0 aliphatic carbocycles. The third kappa shape index (κ3) is 0.603. The van der Waals surface area contributed by atoms with Crippen LogP contribution in [0.5, 0.6) is 0 Å². The van der Waals surface area contributed by atoms with Gasteiger partial charge >= 0.3 is 0 Å². The van der Waals surface area contributed by atoms with Gasteiger partial charge in [0.15, 0.2) is 0 Å². The molecule has 3 nitrogen and oxygen atoms in total. The van der Waals surface area contributed by atoms with Crippen molar-refractivity contribution in [3.05, 3.63) is 28.2 Å². The zero-order valence-corrected chi connectivity index (χ0v) is 5.29. The lowest BCUT2D eigenvalue weighted by Crippen LogP contribution is -2.09. The number of fused-ring (bicyclic) bond motifs is 1. The number of aromatic amines is 1. The normalized spacial score (nSPS) is 13.6. The summed E-state index contributed by atoms with van der Waals surface area (Å²) in [7, 11) is 0. The van der Waals surface area contributed by atoms with Crippen molar-refractivity contribution in [3.63, 3.8) is 0 Å². The molecule has 1 aromatic heterocycles.